The minimum atomic E-state index is -3.51. The van der Waals surface area contributed by atoms with Crippen molar-refractivity contribution in [1.29, 1.82) is 0 Å². The number of nitrogens with one attached hydrogen (secondary N) is 3. The van der Waals surface area contributed by atoms with Crippen molar-refractivity contribution in [3.05, 3.63) is 53.7 Å². The van der Waals surface area contributed by atoms with Crippen LogP contribution in [0.15, 0.2) is 58.5 Å². The fraction of sp³-hybridized carbons (Fsp3) is 0.368. The first-order chi connectivity index (χ1) is 14.0. The zero-order valence-corrected chi connectivity index (χ0v) is 17.7. The first kappa shape index (κ1) is 21.4. The van der Waals surface area contributed by atoms with Crippen molar-refractivity contribution in [3.63, 3.8) is 0 Å². The number of aliphatic imine (C=N–C) groups is 1. The summed E-state index contributed by atoms with van der Waals surface area (Å²) in [5.74, 6) is 1.42. The number of guanidine groups is 1. The molecule has 1 aliphatic rings. The van der Waals surface area contributed by atoms with E-state index in [2.05, 4.69) is 30.2 Å². The van der Waals surface area contributed by atoms with Crippen molar-refractivity contribution in [2.24, 2.45) is 4.99 Å². The minimum absolute atomic E-state index is 0.195. The normalized spacial score (nSPS) is 17.4. The van der Waals surface area contributed by atoms with Crippen molar-refractivity contribution < 1.29 is 8.42 Å². The van der Waals surface area contributed by atoms with Gasteiger partial charge in [-0.15, -0.1) is 0 Å². The van der Waals surface area contributed by atoms with Crippen LogP contribution in [-0.4, -0.2) is 58.6 Å². The molecule has 10 heteroatoms. The SMILES string of the molecule is CN=C(NCCNS(=O)(=O)c1ccccc1)NC1CCN(c2ncccc2Cl)C1. The highest BCUT2D eigenvalue weighted by atomic mass is 35.5. The van der Waals surface area contributed by atoms with E-state index in [1.165, 1.54) is 0 Å². The quantitative estimate of drug-likeness (QED) is 0.345. The minimum Gasteiger partial charge on any atom is -0.355 e. The molecule has 1 aromatic heterocycles. The van der Waals surface area contributed by atoms with E-state index in [0.717, 1.165) is 25.3 Å². The third-order valence-corrected chi connectivity index (χ3v) is 6.33. The van der Waals surface area contributed by atoms with Crippen LogP contribution in [0, 0.1) is 0 Å². The molecular weight excluding hydrogens is 412 g/mol. The standard InChI is InChI=1S/C19H25ClN6O2S/c1-21-19(23-11-12-24-29(27,28)16-6-3-2-4-7-16)25-15-9-13-26(14-15)18-17(20)8-5-10-22-18/h2-8,10,15,24H,9,11-14H2,1H3,(H2,21,23,25). The third-order valence-electron chi connectivity index (χ3n) is 4.55. The predicted molar refractivity (Wildman–Crippen MR) is 116 cm³/mol. The second-order valence-electron chi connectivity index (χ2n) is 6.59. The molecule has 1 saturated heterocycles. The topological polar surface area (TPSA) is 98.7 Å². The second-order valence-corrected chi connectivity index (χ2v) is 8.77. The molecule has 1 aliphatic heterocycles. The summed E-state index contributed by atoms with van der Waals surface area (Å²) in [6.07, 6.45) is 2.66. The molecular formula is C19H25ClN6O2S. The van der Waals surface area contributed by atoms with Crippen molar-refractivity contribution >= 4 is 33.4 Å². The van der Waals surface area contributed by atoms with Gasteiger partial charge in [-0.05, 0) is 30.7 Å². The smallest absolute Gasteiger partial charge is 0.240 e. The van der Waals surface area contributed by atoms with Gasteiger partial charge in [-0.1, -0.05) is 29.8 Å². The first-order valence-corrected chi connectivity index (χ1v) is 11.2. The Balaban J connectivity index is 1.44. The molecule has 29 heavy (non-hydrogen) atoms. The van der Waals surface area contributed by atoms with Gasteiger partial charge in [0.25, 0.3) is 0 Å². The third kappa shape index (κ3) is 5.81. The molecule has 0 bridgehead atoms. The van der Waals surface area contributed by atoms with Gasteiger partial charge in [0.1, 0.15) is 5.82 Å². The molecule has 3 rings (SSSR count). The molecule has 1 fully saturated rings. The Morgan fingerprint density at radius 2 is 2.03 bits per heavy atom. The van der Waals surface area contributed by atoms with Gasteiger partial charge in [0.2, 0.25) is 10.0 Å². The largest absolute Gasteiger partial charge is 0.355 e. The van der Waals surface area contributed by atoms with Crippen molar-refractivity contribution in [3.8, 4) is 0 Å². The van der Waals surface area contributed by atoms with Gasteiger partial charge < -0.3 is 15.5 Å². The lowest BCUT2D eigenvalue weighted by atomic mass is 10.3. The summed E-state index contributed by atoms with van der Waals surface area (Å²) in [5.41, 5.74) is 0. The summed E-state index contributed by atoms with van der Waals surface area (Å²) >= 11 is 6.23. The van der Waals surface area contributed by atoms with E-state index in [9.17, 15) is 8.42 Å². The maximum atomic E-state index is 12.2. The highest BCUT2D eigenvalue weighted by molar-refractivity contribution is 7.89. The van der Waals surface area contributed by atoms with E-state index in [4.69, 9.17) is 11.6 Å². The molecule has 1 aromatic carbocycles. The Bertz CT molecular complexity index is 939. The van der Waals surface area contributed by atoms with E-state index in [1.54, 1.807) is 43.6 Å². The van der Waals surface area contributed by atoms with E-state index in [-0.39, 0.29) is 17.5 Å². The number of halogens is 1. The summed E-state index contributed by atoms with van der Waals surface area (Å²) in [5, 5.41) is 7.14. The van der Waals surface area contributed by atoms with E-state index >= 15 is 0 Å². The summed E-state index contributed by atoms with van der Waals surface area (Å²) < 4.78 is 27.0. The molecule has 0 aliphatic carbocycles. The Labute approximate surface area is 176 Å². The van der Waals surface area contributed by atoms with Crippen LogP contribution in [0.25, 0.3) is 0 Å². The van der Waals surface area contributed by atoms with Gasteiger partial charge >= 0.3 is 0 Å². The predicted octanol–water partition coefficient (Wildman–Crippen LogP) is 1.46. The number of hydrogen-bond donors (Lipinski definition) is 3. The van der Waals surface area contributed by atoms with Crippen molar-refractivity contribution in [2.75, 3.05) is 38.1 Å². The van der Waals surface area contributed by atoms with Gasteiger partial charge in [0, 0.05) is 45.5 Å². The Morgan fingerprint density at radius 1 is 1.24 bits per heavy atom. The molecule has 1 unspecified atom stereocenters. The number of hydrogen-bond acceptors (Lipinski definition) is 5. The van der Waals surface area contributed by atoms with Crippen LogP contribution in [0.2, 0.25) is 5.02 Å². The molecule has 8 nitrogen and oxygen atoms in total. The fourth-order valence-electron chi connectivity index (χ4n) is 3.12. The molecule has 1 atom stereocenters. The summed E-state index contributed by atoms with van der Waals surface area (Å²) in [6, 6.07) is 12.1. The number of pyridine rings is 1. The number of sulfonamides is 1. The van der Waals surface area contributed by atoms with E-state index < -0.39 is 10.0 Å². The zero-order valence-electron chi connectivity index (χ0n) is 16.2. The summed E-state index contributed by atoms with van der Waals surface area (Å²) in [4.78, 5) is 11.0. The Hall–Kier alpha value is -2.36. The van der Waals surface area contributed by atoms with Crippen LogP contribution < -0.4 is 20.3 Å². The monoisotopic (exact) mass is 436 g/mol. The van der Waals surface area contributed by atoms with Gasteiger partial charge in [0.15, 0.2) is 5.96 Å². The summed E-state index contributed by atoms with van der Waals surface area (Å²) in [6.45, 7) is 2.27. The molecule has 0 spiro atoms. The fourth-order valence-corrected chi connectivity index (χ4v) is 4.41. The van der Waals surface area contributed by atoms with Crippen molar-refractivity contribution in [1.82, 2.24) is 20.3 Å². The van der Waals surface area contributed by atoms with Crippen molar-refractivity contribution in [2.45, 2.75) is 17.4 Å². The zero-order chi connectivity index (χ0) is 20.7. The van der Waals surface area contributed by atoms with Gasteiger partial charge in [-0.25, -0.2) is 18.1 Å². The van der Waals surface area contributed by atoms with Gasteiger partial charge in [-0.3, -0.25) is 4.99 Å². The average molecular weight is 437 g/mol. The highest BCUT2D eigenvalue weighted by Gasteiger charge is 2.25. The molecule has 2 heterocycles. The van der Waals surface area contributed by atoms with E-state index in [1.807, 2.05) is 12.1 Å². The van der Waals surface area contributed by atoms with Gasteiger partial charge in [-0.2, -0.15) is 0 Å². The number of aromatic nitrogens is 1. The second kappa shape index (κ2) is 9.91. The molecule has 156 valence electrons. The van der Waals surface area contributed by atoms with Crippen LogP contribution in [-0.2, 0) is 10.0 Å². The van der Waals surface area contributed by atoms with Crippen LogP contribution in [0.1, 0.15) is 6.42 Å². The Morgan fingerprint density at radius 3 is 2.76 bits per heavy atom. The molecule has 0 radical (unpaired) electrons. The molecule has 3 N–H and O–H groups in total. The number of rotatable bonds is 7. The first-order valence-electron chi connectivity index (χ1n) is 9.37. The van der Waals surface area contributed by atoms with Gasteiger partial charge in [0.05, 0.1) is 9.92 Å². The van der Waals surface area contributed by atoms with Crippen LogP contribution >= 0.6 is 11.6 Å². The van der Waals surface area contributed by atoms with Crippen LogP contribution in [0.5, 0.6) is 0 Å². The molecule has 2 aromatic rings. The molecule has 0 saturated carbocycles. The molecule has 0 amide bonds. The maximum absolute atomic E-state index is 12.2. The highest BCUT2D eigenvalue weighted by Crippen LogP contribution is 2.25. The van der Waals surface area contributed by atoms with Crippen LogP contribution in [0.4, 0.5) is 5.82 Å². The Kier molecular flexibility index (Phi) is 7.29. The lowest BCUT2D eigenvalue weighted by molar-refractivity contribution is 0.579. The number of benzene rings is 1. The number of nitrogens with zero attached hydrogens (tertiary/aromatic N) is 3. The average Bonchev–Trinajstić information content (AvgIpc) is 3.19. The van der Waals surface area contributed by atoms with E-state index in [0.29, 0.717) is 17.5 Å². The van der Waals surface area contributed by atoms with Crippen LogP contribution in [0.3, 0.4) is 0 Å². The number of anilines is 1. The lowest BCUT2D eigenvalue weighted by Gasteiger charge is -2.20. The maximum Gasteiger partial charge on any atom is 0.240 e. The summed E-state index contributed by atoms with van der Waals surface area (Å²) in [7, 11) is -1.82. The lowest BCUT2D eigenvalue weighted by Crippen LogP contribution is -2.46.